The number of anilines is 1. The molecule has 1 aromatic carbocycles. The Labute approximate surface area is 202 Å². The Hall–Kier alpha value is -3.04. The van der Waals surface area contributed by atoms with Crippen molar-refractivity contribution in [3.05, 3.63) is 59.0 Å². The predicted molar refractivity (Wildman–Crippen MR) is 124 cm³/mol. The standard InChI is InChI=1S/C24H26ClFN4O4/c1-34-13-12-30-22(32)15-24(23(30)33,18-4-2-3-5-19(18)26)14-21(31)29-10-8-28(9-11-29)20-7-6-17(25)16-27-20/h2-7,16H,8-15H2,1H3/t24-/m1/s1. The molecule has 0 unspecified atom stereocenters. The van der Waals surface area contributed by atoms with Gasteiger partial charge in [-0.15, -0.1) is 0 Å². The Balaban J connectivity index is 1.53. The van der Waals surface area contributed by atoms with Gasteiger partial charge in [0.25, 0.3) is 0 Å². The molecule has 2 aliphatic heterocycles. The van der Waals surface area contributed by atoms with E-state index < -0.39 is 23.0 Å². The molecule has 2 saturated heterocycles. The Bertz CT molecular complexity index is 1070. The number of ether oxygens (including phenoxy) is 1. The van der Waals surface area contributed by atoms with Gasteiger partial charge in [-0.2, -0.15) is 0 Å². The van der Waals surface area contributed by atoms with Gasteiger partial charge in [-0.25, -0.2) is 9.37 Å². The number of nitrogens with zero attached hydrogens (tertiary/aromatic N) is 4. The molecule has 2 aromatic rings. The third kappa shape index (κ3) is 4.63. The lowest BCUT2D eigenvalue weighted by atomic mass is 9.75. The molecule has 0 spiro atoms. The van der Waals surface area contributed by atoms with Crippen LogP contribution >= 0.6 is 11.6 Å². The zero-order valence-electron chi connectivity index (χ0n) is 18.9. The molecule has 10 heteroatoms. The lowest BCUT2D eigenvalue weighted by Crippen LogP contribution is -2.51. The van der Waals surface area contributed by atoms with E-state index in [1.165, 1.54) is 25.3 Å². The number of rotatable bonds is 7. The maximum atomic E-state index is 14.9. The Morgan fingerprint density at radius 2 is 1.88 bits per heavy atom. The molecule has 0 bridgehead atoms. The van der Waals surface area contributed by atoms with Crippen molar-refractivity contribution >= 4 is 35.1 Å². The van der Waals surface area contributed by atoms with E-state index in [4.69, 9.17) is 16.3 Å². The molecule has 0 N–H and O–H groups in total. The second kappa shape index (κ2) is 10.1. The molecule has 1 aromatic heterocycles. The third-order valence-corrected chi connectivity index (χ3v) is 6.66. The number of carbonyl (C=O) groups excluding carboxylic acids is 3. The lowest BCUT2D eigenvalue weighted by Gasteiger charge is -2.37. The first-order chi connectivity index (χ1) is 16.4. The molecule has 34 heavy (non-hydrogen) atoms. The van der Waals surface area contributed by atoms with Gasteiger partial charge in [-0.3, -0.25) is 19.3 Å². The van der Waals surface area contributed by atoms with Crippen LogP contribution in [0.2, 0.25) is 5.02 Å². The van der Waals surface area contributed by atoms with Crippen molar-refractivity contribution in [2.75, 3.05) is 51.3 Å². The number of halogens is 2. The minimum Gasteiger partial charge on any atom is -0.383 e. The Morgan fingerprint density at radius 3 is 2.53 bits per heavy atom. The number of hydrogen-bond acceptors (Lipinski definition) is 6. The van der Waals surface area contributed by atoms with Gasteiger partial charge in [0.2, 0.25) is 17.7 Å². The van der Waals surface area contributed by atoms with Crippen molar-refractivity contribution in [1.29, 1.82) is 0 Å². The topological polar surface area (TPSA) is 83.1 Å². The van der Waals surface area contributed by atoms with Crippen LogP contribution < -0.4 is 4.90 Å². The molecule has 2 fully saturated rings. The largest absolute Gasteiger partial charge is 0.383 e. The molecule has 0 radical (unpaired) electrons. The molecule has 2 aliphatic rings. The maximum Gasteiger partial charge on any atom is 0.241 e. The number of benzene rings is 1. The van der Waals surface area contributed by atoms with Gasteiger partial charge in [0.05, 0.1) is 23.6 Å². The molecular formula is C24H26ClFN4O4. The second-order valence-corrected chi connectivity index (χ2v) is 8.90. The number of pyridine rings is 1. The summed E-state index contributed by atoms with van der Waals surface area (Å²) >= 11 is 5.91. The van der Waals surface area contributed by atoms with Crippen LogP contribution in [-0.4, -0.2) is 78.9 Å². The van der Waals surface area contributed by atoms with E-state index in [0.29, 0.717) is 31.2 Å². The molecule has 0 saturated carbocycles. The van der Waals surface area contributed by atoms with Gasteiger partial charge in [-0.05, 0) is 18.2 Å². The lowest BCUT2D eigenvalue weighted by molar-refractivity contribution is -0.143. The number of carbonyl (C=O) groups is 3. The fourth-order valence-corrected chi connectivity index (χ4v) is 4.72. The summed E-state index contributed by atoms with van der Waals surface area (Å²) in [7, 11) is 1.47. The second-order valence-electron chi connectivity index (χ2n) is 8.46. The van der Waals surface area contributed by atoms with E-state index in [1.54, 1.807) is 23.2 Å². The minimum atomic E-state index is -1.57. The maximum absolute atomic E-state index is 14.9. The summed E-state index contributed by atoms with van der Waals surface area (Å²) in [4.78, 5) is 48.7. The summed E-state index contributed by atoms with van der Waals surface area (Å²) in [5.74, 6) is -1.12. The monoisotopic (exact) mass is 488 g/mol. The van der Waals surface area contributed by atoms with Crippen LogP contribution in [0.5, 0.6) is 0 Å². The van der Waals surface area contributed by atoms with Crippen LogP contribution in [0.25, 0.3) is 0 Å². The quantitative estimate of drug-likeness (QED) is 0.556. The summed E-state index contributed by atoms with van der Waals surface area (Å²) < 4.78 is 19.9. The van der Waals surface area contributed by atoms with E-state index in [9.17, 15) is 18.8 Å². The fourth-order valence-electron chi connectivity index (χ4n) is 4.61. The van der Waals surface area contributed by atoms with Gasteiger partial charge < -0.3 is 14.5 Å². The summed E-state index contributed by atoms with van der Waals surface area (Å²) in [6.07, 6.45) is 1.04. The van der Waals surface area contributed by atoms with E-state index in [2.05, 4.69) is 4.98 Å². The van der Waals surface area contributed by atoms with Gasteiger partial charge in [0.15, 0.2) is 0 Å². The zero-order chi connectivity index (χ0) is 24.3. The summed E-state index contributed by atoms with van der Waals surface area (Å²) in [5, 5.41) is 0.548. The number of methoxy groups -OCH3 is 1. The van der Waals surface area contributed by atoms with Crippen LogP contribution in [0.4, 0.5) is 10.2 Å². The molecule has 0 aliphatic carbocycles. The van der Waals surface area contributed by atoms with Crippen LogP contribution in [0.15, 0.2) is 42.6 Å². The first-order valence-electron chi connectivity index (χ1n) is 11.1. The minimum absolute atomic E-state index is 0.0608. The van der Waals surface area contributed by atoms with E-state index in [1.807, 2.05) is 11.0 Å². The van der Waals surface area contributed by atoms with Crippen LogP contribution in [-0.2, 0) is 24.5 Å². The molecule has 1 atom stereocenters. The normalized spacial score (nSPS) is 20.9. The number of imide groups is 1. The van der Waals surface area contributed by atoms with Gasteiger partial charge >= 0.3 is 0 Å². The average molecular weight is 489 g/mol. The van der Waals surface area contributed by atoms with E-state index in [-0.39, 0.29) is 37.5 Å². The first-order valence-corrected chi connectivity index (χ1v) is 11.5. The van der Waals surface area contributed by atoms with Crippen molar-refractivity contribution in [3.63, 3.8) is 0 Å². The number of aromatic nitrogens is 1. The molecule has 3 amide bonds. The highest BCUT2D eigenvalue weighted by Gasteiger charge is 2.55. The van der Waals surface area contributed by atoms with Gasteiger partial charge in [0, 0.05) is 57.9 Å². The average Bonchev–Trinajstić information content (AvgIpc) is 3.07. The smallest absolute Gasteiger partial charge is 0.241 e. The van der Waals surface area contributed by atoms with Crippen molar-refractivity contribution in [3.8, 4) is 0 Å². The van der Waals surface area contributed by atoms with Crippen LogP contribution in [0, 0.1) is 5.82 Å². The van der Waals surface area contributed by atoms with Crippen molar-refractivity contribution in [2.45, 2.75) is 18.3 Å². The molecule has 180 valence electrons. The highest BCUT2D eigenvalue weighted by Crippen LogP contribution is 2.41. The summed E-state index contributed by atoms with van der Waals surface area (Å²) in [6.45, 7) is 2.18. The number of piperazine rings is 1. The SMILES string of the molecule is COCCN1C(=O)C[C@](CC(=O)N2CCN(c3ccc(Cl)cn3)CC2)(c2ccccc2F)C1=O. The first kappa shape index (κ1) is 24.1. The summed E-state index contributed by atoms with van der Waals surface area (Å²) in [5.41, 5.74) is -1.49. The molecule has 4 rings (SSSR count). The molecular weight excluding hydrogens is 463 g/mol. The summed E-state index contributed by atoms with van der Waals surface area (Å²) in [6, 6.07) is 9.44. The number of likely N-dealkylation sites (tertiary alicyclic amines) is 1. The van der Waals surface area contributed by atoms with Gasteiger partial charge in [0.1, 0.15) is 11.6 Å². The molecule has 8 nitrogen and oxygen atoms in total. The Kier molecular flexibility index (Phi) is 7.13. The van der Waals surface area contributed by atoms with E-state index >= 15 is 0 Å². The van der Waals surface area contributed by atoms with Gasteiger partial charge in [-0.1, -0.05) is 29.8 Å². The zero-order valence-corrected chi connectivity index (χ0v) is 19.6. The fraction of sp³-hybridized carbons (Fsp3) is 0.417. The van der Waals surface area contributed by atoms with Crippen molar-refractivity contribution in [1.82, 2.24) is 14.8 Å². The third-order valence-electron chi connectivity index (χ3n) is 6.44. The number of hydrogen-bond donors (Lipinski definition) is 0. The van der Waals surface area contributed by atoms with Crippen LogP contribution in [0.3, 0.4) is 0 Å². The number of amides is 3. The Morgan fingerprint density at radius 1 is 1.15 bits per heavy atom. The predicted octanol–water partition coefficient (Wildman–Crippen LogP) is 2.26. The highest BCUT2D eigenvalue weighted by atomic mass is 35.5. The van der Waals surface area contributed by atoms with Crippen molar-refractivity contribution < 1.29 is 23.5 Å². The van der Waals surface area contributed by atoms with Crippen molar-refractivity contribution in [2.24, 2.45) is 0 Å². The van der Waals surface area contributed by atoms with Crippen LogP contribution in [0.1, 0.15) is 18.4 Å². The molecule has 3 heterocycles. The highest BCUT2D eigenvalue weighted by molar-refractivity contribution is 6.30. The van der Waals surface area contributed by atoms with E-state index in [0.717, 1.165) is 10.7 Å².